The van der Waals surface area contributed by atoms with E-state index < -0.39 is 11.9 Å². The molecule has 2 rings (SSSR count). The predicted molar refractivity (Wildman–Crippen MR) is 76.0 cm³/mol. The van der Waals surface area contributed by atoms with Crippen LogP contribution in [0.25, 0.3) is 0 Å². The molecular weight excluding hydrogens is 276 g/mol. The number of hydrogen-bond acceptors (Lipinski definition) is 5. The van der Waals surface area contributed by atoms with Crippen LogP contribution in [0, 0.1) is 0 Å². The molecule has 21 heavy (non-hydrogen) atoms. The molecule has 0 spiro atoms. The summed E-state index contributed by atoms with van der Waals surface area (Å²) in [5.74, 6) is -1.08. The zero-order chi connectivity index (χ0) is 15.2. The number of carboxylic acids is 2. The van der Waals surface area contributed by atoms with Crippen LogP contribution in [0.15, 0.2) is 18.2 Å². The molecule has 0 saturated carbocycles. The van der Waals surface area contributed by atoms with Crippen molar-refractivity contribution in [3.63, 3.8) is 0 Å². The maximum Gasteiger partial charge on any atom is 0.323 e. The number of ether oxygens (including phenoxy) is 1. The first-order valence-corrected chi connectivity index (χ1v) is 6.71. The number of carbonyl (C=O) groups is 2. The number of nitrogens with zero attached hydrogens (tertiary/aromatic N) is 1. The van der Waals surface area contributed by atoms with E-state index in [0.29, 0.717) is 31.9 Å². The third-order valence-electron chi connectivity index (χ3n) is 3.18. The highest BCUT2D eigenvalue weighted by atomic mass is 16.5. The molecule has 0 unspecified atom stereocenters. The zero-order valence-corrected chi connectivity index (χ0v) is 11.5. The summed E-state index contributed by atoms with van der Waals surface area (Å²) >= 11 is 0. The Morgan fingerprint density at radius 2 is 2.10 bits per heavy atom. The quantitative estimate of drug-likeness (QED) is 0.617. The van der Waals surface area contributed by atoms with E-state index in [4.69, 9.17) is 14.9 Å². The molecule has 0 atom stereocenters. The Balaban J connectivity index is 2.02. The second-order valence-electron chi connectivity index (χ2n) is 4.79. The van der Waals surface area contributed by atoms with Crippen molar-refractivity contribution in [2.75, 3.05) is 37.7 Å². The molecule has 0 fully saturated rings. The van der Waals surface area contributed by atoms with Gasteiger partial charge in [-0.1, -0.05) is 6.07 Å². The molecule has 1 heterocycles. The number of carboxylic acid groups (broad SMARTS) is 2. The van der Waals surface area contributed by atoms with Crippen LogP contribution >= 0.6 is 0 Å². The molecule has 1 aromatic rings. The topological polar surface area (TPSA) is 99.1 Å². The van der Waals surface area contributed by atoms with Gasteiger partial charge in [0, 0.05) is 0 Å². The van der Waals surface area contributed by atoms with E-state index in [2.05, 4.69) is 5.32 Å². The highest BCUT2D eigenvalue weighted by molar-refractivity contribution is 5.75. The van der Waals surface area contributed by atoms with Crippen molar-refractivity contribution >= 4 is 17.6 Å². The largest absolute Gasteiger partial charge is 0.490 e. The Morgan fingerprint density at radius 1 is 1.29 bits per heavy atom. The highest BCUT2D eigenvalue weighted by Crippen LogP contribution is 2.32. The zero-order valence-electron chi connectivity index (χ0n) is 11.5. The molecule has 0 bridgehead atoms. The van der Waals surface area contributed by atoms with E-state index >= 15 is 0 Å². The number of nitrogens with one attached hydrogen (secondary N) is 1. The van der Waals surface area contributed by atoms with Gasteiger partial charge in [0.15, 0.2) is 0 Å². The number of benzene rings is 1. The standard InChI is InChI=1S/C14H18N2O5/c17-13(18)8-15-4-3-10-1-2-12-11(7-10)16(5-6-21-12)9-14(19)20/h1-2,7,15H,3-6,8-9H2,(H,17,18)(H,19,20). The first-order valence-electron chi connectivity index (χ1n) is 6.71. The number of anilines is 1. The smallest absolute Gasteiger partial charge is 0.323 e. The van der Waals surface area contributed by atoms with E-state index in [0.717, 1.165) is 11.3 Å². The van der Waals surface area contributed by atoms with Crippen molar-refractivity contribution in [1.29, 1.82) is 0 Å². The van der Waals surface area contributed by atoms with Crippen molar-refractivity contribution in [1.82, 2.24) is 5.32 Å². The maximum absolute atomic E-state index is 10.9. The molecule has 1 aliphatic heterocycles. The van der Waals surface area contributed by atoms with Crippen molar-refractivity contribution in [2.45, 2.75) is 6.42 Å². The van der Waals surface area contributed by atoms with Crippen molar-refractivity contribution < 1.29 is 24.5 Å². The van der Waals surface area contributed by atoms with Crippen molar-refractivity contribution in [2.24, 2.45) is 0 Å². The third kappa shape index (κ3) is 4.35. The minimum atomic E-state index is -0.888. The lowest BCUT2D eigenvalue weighted by Crippen LogP contribution is -2.36. The molecular formula is C14H18N2O5. The van der Waals surface area contributed by atoms with Gasteiger partial charge in [0.05, 0.1) is 18.8 Å². The van der Waals surface area contributed by atoms with Crippen LogP contribution < -0.4 is 15.0 Å². The van der Waals surface area contributed by atoms with E-state index in [1.165, 1.54) is 0 Å². The Hall–Kier alpha value is -2.28. The van der Waals surface area contributed by atoms with Gasteiger partial charge in [-0.25, -0.2) is 0 Å². The lowest BCUT2D eigenvalue weighted by Gasteiger charge is -2.30. The summed E-state index contributed by atoms with van der Waals surface area (Å²) in [7, 11) is 0. The monoisotopic (exact) mass is 294 g/mol. The molecule has 1 aromatic carbocycles. The average molecular weight is 294 g/mol. The fraction of sp³-hybridized carbons (Fsp3) is 0.429. The summed E-state index contributed by atoms with van der Waals surface area (Å²) in [6.45, 7) is 1.43. The lowest BCUT2D eigenvalue weighted by molar-refractivity contribution is -0.136. The fourth-order valence-corrected chi connectivity index (χ4v) is 2.23. The van der Waals surface area contributed by atoms with Crippen LogP contribution in [-0.4, -0.2) is 54.9 Å². The summed E-state index contributed by atoms with van der Waals surface area (Å²) in [5.41, 5.74) is 1.78. The van der Waals surface area contributed by atoms with E-state index in [1.807, 2.05) is 18.2 Å². The fourth-order valence-electron chi connectivity index (χ4n) is 2.23. The van der Waals surface area contributed by atoms with Crippen LogP contribution in [0.2, 0.25) is 0 Å². The van der Waals surface area contributed by atoms with E-state index in [9.17, 15) is 9.59 Å². The van der Waals surface area contributed by atoms with Crippen LogP contribution in [0.3, 0.4) is 0 Å². The molecule has 114 valence electrons. The second-order valence-corrected chi connectivity index (χ2v) is 4.79. The van der Waals surface area contributed by atoms with Gasteiger partial charge in [0.1, 0.15) is 18.9 Å². The Bertz CT molecular complexity index is 532. The van der Waals surface area contributed by atoms with Gasteiger partial charge >= 0.3 is 11.9 Å². The van der Waals surface area contributed by atoms with Crippen molar-refractivity contribution in [3.8, 4) is 5.75 Å². The minimum Gasteiger partial charge on any atom is -0.490 e. The first-order chi connectivity index (χ1) is 10.1. The second kappa shape index (κ2) is 6.94. The van der Waals surface area contributed by atoms with Gasteiger partial charge in [-0.15, -0.1) is 0 Å². The molecule has 0 radical (unpaired) electrons. The predicted octanol–water partition coefficient (Wildman–Crippen LogP) is 0.187. The van der Waals surface area contributed by atoms with E-state index in [1.54, 1.807) is 4.90 Å². The van der Waals surface area contributed by atoms with E-state index in [-0.39, 0.29) is 13.1 Å². The number of fused-ring (bicyclic) bond motifs is 1. The van der Waals surface area contributed by atoms with Crippen LogP contribution in [0.4, 0.5) is 5.69 Å². The summed E-state index contributed by atoms with van der Waals surface area (Å²) in [5, 5.41) is 20.3. The SMILES string of the molecule is O=C(O)CNCCc1ccc2c(c1)N(CC(=O)O)CCO2. The molecule has 0 amide bonds. The molecule has 3 N–H and O–H groups in total. The maximum atomic E-state index is 10.9. The summed E-state index contributed by atoms with van der Waals surface area (Å²) in [6.07, 6.45) is 0.668. The molecule has 0 saturated heterocycles. The van der Waals surface area contributed by atoms with Gasteiger partial charge in [-0.05, 0) is 30.7 Å². The van der Waals surface area contributed by atoms with Crippen LogP contribution in [-0.2, 0) is 16.0 Å². The number of rotatable bonds is 7. The first kappa shape index (κ1) is 15.1. The third-order valence-corrected chi connectivity index (χ3v) is 3.18. The average Bonchev–Trinajstić information content (AvgIpc) is 2.43. The lowest BCUT2D eigenvalue weighted by atomic mass is 10.1. The molecule has 1 aliphatic rings. The Labute approximate surface area is 122 Å². The minimum absolute atomic E-state index is 0.0585. The normalized spacial score (nSPS) is 13.4. The molecule has 0 aromatic heterocycles. The van der Waals surface area contributed by atoms with Gasteiger partial charge in [0.2, 0.25) is 0 Å². The summed E-state index contributed by atoms with van der Waals surface area (Å²) < 4.78 is 5.52. The highest BCUT2D eigenvalue weighted by Gasteiger charge is 2.20. The number of hydrogen-bond donors (Lipinski definition) is 3. The van der Waals surface area contributed by atoms with Gasteiger partial charge in [-0.2, -0.15) is 0 Å². The Morgan fingerprint density at radius 3 is 2.81 bits per heavy atom. The summed E-state index contributed by atoms with van der Waals surface area (Å²) in [6, 6.07) is 5.64. The van der Waals surface area contributed by atoms with Crippen LogP contribution in [0.5, 0.6) is 5.75 Å². The van der Waals surface area contributed by atoms with Gasteiger partial charge in [0.25, 0.3) is 0 Å². The van der Waals surface area contributed by atoms with Crippen LogP contribution in [0.1, 0.15) is 5.56 Å². The molecule has 7 heteroatoms. The number of aliphatic carboxylic acids is 2. The molecule has 7 nitrogen and oxygen atoms in total. The van der Waals surface area contributed by atoms with Gasteiger partial charge in [-0.3, -0.25) is 9.59 Å². The Kier molecular flexibility index (Phi) is 4.99. The summed E-state index contributed by atoms with van der Waals surface area (Å²) in [4.78, 5) is 23.1. The van der Waals surface area contributed by atoms with Gasteiger partial charge < -0.3 is 25.2 Å². The molecule has 0 aliphatic carbocycles. The van der Waals surface area contributed by atoms with Crippen molar-refractivity contribution in [3.05, 3.63) is 23.8 Å².